The fourth-order valence-corrected chi connectivity index (χ4v) is 3.23. The normalized spacial score (nSPS) is 19.8. The fourth-order valence-electron chi connectivity index (χ4n) is 3.23. The molecule has 1 atom stereocenters. The van der Waals surface area contributed by atoms with Gasteiger partial charge in [0.2, 0.25) is 5.91 Å². The molecule has 0 aliphatic carbocycles. The van der Waals surface area contributed by atoms with Crippen LogP contribution in [0.15, 0.2) is 42.2 Å². The molecule has 2 aliphatic rings. The largest absolute Gasteiger partial charge is 0.464 e. The summed E-state index contributed by atoms with van der Waals surface area (Å²) in [6, 6.07) is 7.22. The van der Waals surface area contributed by atoms with Gasteiger partial charge in [0.25, 0.3) is 5.91 Å². The van der Waals surface area contributed by atoms with E-state index in [2.05, 4.69) is 6.92 Å². The van der Waals surface area contributed by atoms with Gasteiger partial charge in [-0.1, -0.05) is 38.0 Å². The Hall–Kier alpha value is -2.56. The first-order valence-electron chi connectivity index (χ1n) is 8.81. The summed E-state index contributed by atoms with van der Waals surface area (Å²) in [6.45, 7) is 3.22. The van der Waals surface area contributed by atoms with Gasteiger partial charge in [-0.2, -0.15) is 0 Å². The molecule has 1 aromatic rings. The fraction of sp³-hybridized carbons (Fsp3) is 0.400. The van der Waals surface area contributed by atoms with E-state index in [1.165, 1.54) is 6.26 Å². The Morgan fingerprint density at radius 2 is 2.08 bits per heavy atom. The van der Waals surface area contributed by atoms with E-state index in [0.29, 0.717) is 25.1 Å². The van der Waals surface area contributed by atoms with E-state index in [4.69, 9.17) is 4.74 Å². The Kier molecular flexibility index (Phi) is 5.22. The lowest BCUT2D eigenvalue weighted by Gasteiger charge is -2.39. The molecule has 0 bridgehead atoms. The lowest BCUT2D eigenvalue weighted by Crippen LogP contribution is -2.57. The van der Waals surface area contributed by atoms with E-state index in [9.17, 15) is 9.59 Å². The highest BCUT2D eigenvalue weighted by Crippen LogP contribution is 2.26. The molecule has 2 heterocycles. The Balaban J connectivity index is 1.88. The van der Waals surface area contributed by atoms with Gasteiger partial charge in [0, 0.05) is 31.3 Å². The maximum absolute atomic E-state index is 13.1. The number of ether oxygens (including phenoxy) is 1. The van der Waals surface area contributed by atoms with Gasteiger partial charge < -0.3 is 14.5 Å². The highest BCUT2D eigenvalue weighted by molar-refractivity contribution is 6.03. The first-order valence-corrected chi connectivity index (χ1v) is 8.81. The van der Waals surface area contributed by atoms with Gasteiger partial charge in [0.15, 0.2) is 0 Å². The Labute approximate surface area is 148 Å². The number of amides is 2. The van der Waals surface area contributed by atoms with Crippen molar-refractivity contribution >= 4 is 17.9 Å². The van der Waals surface area contributed by atoms with Crippen LogP contribution in [0.5, 0.6) is 5.75 Å². The van der Waals surface area contributed by atoms with Crippen molar-refractivity contribution in [2.24, 2.45) is 0 Å². The van der Waals surface area contributed by atoms with Crippen LogP contribution in [-0.4, -0.2) is 47.8 Å². The van der Waals surface area contributed by atoms with Crippen LogP contribution in [0.1, 0.15) is 31.7 Å². The zero-order valence-electron chi connectivity index (χ0n) is 14.8. The zero-order chi connectivity index (χ0) is 17.8. The molecule has 25 heavy (non-hydrogen) atoms. The summed E-state index contributed by atoms with van der Waals surface area (Å²) in [7, 11) is 1.80. The first-order chi connectivity index (χ1) is 12.1. The number of hydrogen-bond donors (Lipinski definition) is 0. The van der Waals surface area contributed by atoms with Gasteiger partial charge in [-0.05, 0) is 24.6 Å². The van der Waals surface area contributed by atoms with E-state index < -0.39 is 0 Å². The summed E-state index contributed by atoms with van der Waals surface area (Å²) in [6.07, 6.45) is 7.68. The maximum Gasteiger partial charge on any atom is 0.254 e. The molecule has 0 aromatic heterocycles. The summed E-state index contributed by atoms with van der Waals surface area (Å²) in [5.74, 6) is 0.639. The maximum atomic E-state index is 13.1. The number of nitrogens with zero attached hydrogens (tertiary/aromatic N) is 2. The summed E-state index contributed by atoms with van der Waals surface area (Å²) < 4.78 is 5.57. The molecule has 0 saturated carbocycles. The van der Waals surface area contributed by atoms with Crippen LogP contribution in [-0.2, 0) is 9.59 Å². The molecule has 1 fully saturated rings. The summed E-state index contributed by atoms with van der Waals surface area (Å²) in [4.78, 5) is 29.1. The summed E-state index contributed by atoms with van der Waals surface area (Å²) in [5, 5.41) is 0. The van der Waals surface area contributed by atoms with Crippen molar-refractivity contribution in [3.8, 4) is 5.75 Å². The number of fused-ring (bicyclic) bond motifs is 1. The lowest BCUT2D eigenvalue weighted by molar-refractivity contribution is -0.148. The number of unbranched alkanes of at least 4 members (excludes halogenated alkanes) is 1. The Bertz CT molecular complexity index is 723. The minimum atomic E-state index is -0.375. The van der Waals surface area contributed by atoms with Gasteiger partial charge in [0.05, 0.1) is 6.26 Å². The van der Waals surface area contributed by atoms with Crippen LogP contribution < -0.4 is 4.74 Å². The predicted molar refractivity (Wildman–Crippen MR) is 96.9 cm³/mol. The number of rotatable bonds is 4. The third kappa shape index (κ3) is 3.60. The molecular weight excluding hydrogens is 316 g/mol. The number of carbonyl (C=O) groups is 2. The van der Waals surface area contributed by atoms with Crippen molar-refractivity contribution in [2.75, 3.05) is 20.1 Å². The topological polar surface area (TPSA) is 49.9 Å². The van der Waals surface area contributed by atoms with Gasteiger partial charge in [-0.3, -0.25) is 9.59 Å². The standard InChI is InChI=1S/C20H24N2O3/c1-3-4-8-17-20(24)21(2)11-12-22(17)19(23)16-10-13-25-18-9-6-5-7-15(18)14-16/h5-7,9-10,13-14,17H,3-4,8,11-12H2,1-2H3/t17-/m1/s1. The molecule has 2 amide bonds. The Morgan fingerprint density at radius 1 is 1.28 bits per heavy atom. The van der Waals surface area contributed by atoms with E-state index in [1.807, 2.05) is 30.3 Å². The van der Waals surface area contributed by atoms with Crippen LogP contribution in [0.25, 0.3) is 6.08 Å². The summed E-state index contributed by atoms with van der Waals surface area (Å²) in [5.41, 5.74) is 1.41. The van der Waals surface area contributed by atoms with Gasteiger partial charge in [0.1, 0.15) is 11.8 Å². The molecule has 5 heteroatoms. The molecular formula is C20H24N2O3. The van der Waals surface area contributed by atoms with Crippen LogP contribution in [0.3, 0.4) is 0 Å². The van der Waals surface area contributed by atoms with E-state index >= 15 is 0 Å². The van der Waals surface area contributed by atoms with Crippen LogP contribution in [0, 0.1) is 0 Å². The molecule has 0 spiro atoms. The minimum absolute atomic E-state index is 0.0305. The highest BCUT2D eigenvalue weighted by atomic mass is 16.5. The van der Waals surface area contributed by atoms with Crippen LogP contribution in [0.4, 0.5) is 0 Å². The second kappa shape index (κ2) is 7.55. The van der Waals surface area contributed by atoms with Crippen LogP contribution >= 0.6 is 0 Å². The van der Waals surface area contributed by atoms with Crippen molar-refractivity contribution in [3.63, 3.8) is 0 Å². The SMILES string of the molecule is CCCC[C@@H]1C(=O)N(C)CCN1C(=O)C1=Cc2ccccc2OC=C1. The van der Waals surface area contributed by atoms with Crippen LogP contribution in [0.2, 0.25) is 0 Å². The number of para-hydroxylation sites is 1. The van der Waals surface area contributed by atoms with Crippen molar-refractivity contribution in [3.05, 3.63) is 47.7 Å². The van der Waals surface area contributed by atoms with Gasteiger partial charge >= 0.3 is 0 Å². The predicted octanol–water partition coefficient (Wildman–Crippen LogP) is 2.84. The molecule has 0 radical (unpaired) electrons. The quantitative estimate of drug-likeness (QED) is 0.847. The second-order valence-corrected chi connectivity index (χ2v) is 6.47. The number of carbonyl (C=O) groups excluding carboxylic acids is 2. The van der Waals surface area contributed by atoms with Crippen molar-refractivity contribution in [2.45, 2.75) is 32.2 Å². The molecule has 1 saturated heterocycles. The molecule has 5 nitrogen and oxygen atoms in total. The first kappa shape index (κ1) is 17.3. The van der Waals surface area contributed by atoms with Crippen molar-refractivity contribution in [1.82, 2.24) is 9.80 Å². The van der Waals surface area contributed by atoms with E-state index in [0.717, 1.165) is 24.2 Å². The van der Waals surface area contributed by atoms with E-state index in [-0.39, 0.29) is 17.9 Å². The third-order valence-corrected chi connectivity index (χ3v) is 4.73. The smallest absolute Gasteiger partial charge is 0.254 e. The number of benzene rings is 1. The lowest BCUT2D eigenvalue weighted by atomic mass is 10.0. The number of likely N-dealkylation sites (N-methyl/N-ethyl adjacent to an activating group) is 1. The second-order valence-electron chi connectivity index (χ2n) is 6.47. The molecule has 0 unspecified atom stereocenters. The molecule has 0 N–H and O–H groups in total. The van der Waals surface area contributed by atoms with Crippen molar-refractivity contribution in [1.29, 1.82) is 0 Å². The molecule has 1 aromatic carbocycles. The minimum Gasteiger partial charge on any atom is -0.464 e. The van der Waals surface area contributed by atoms with E-state index in [1.54, 1.807) is 22.9 Å². The molecule has 3 rings (SSSR count). The van der Waals surface area contributed by atoms with Gasteiger partial charge in [-0.15, -0.1) is 0 Å². The average Bonchev–Trinajstić information content (AvgIpc) is 2.84. The zero-order valence-corrected chi connectivity index (χ0v) is 14.8. The van der Waals surface area contributed by atoms with Crippen molar-refractivity contribution < 1.29 is 14.3 Å². The molecule has 2 aliphatic heterocycles. The number of hydrogen-bond acceptors (Lipinski definition) is 3. The molecule has 132 valence electrons. The highest BCUT2D eigenvalue weighted by Gasteiger charge is 2.36. The summed E-state index contributed by atoms with van der Waals surface area (Å²) >= 11 is 0. The third-order valence-electron chi connectivity index (χ3n) is 4.73. The monoisotopic (exact) mass is 340 g/mol. The number of piperazine rings is 1. The van der Waals surface area contributed by atoms with Gasteiger partial charge in [-0.25, -0.2) is 0 Å². The average molecular weight is 340 g/mol. The Morgan fingerprint density at radius 3 is 2.88 bits per heavy atom.